The molecular formula is C15H22Cl2N2O2. The van der Waals surface area contributed by atoms with Gasteiger partial charge in [0.05, 0.1) is 0 Å². The van der Waals surface area contributed by atoms with Crippen LogP contribution in [0.3, 0.4) is 0 Å². The van der Waals surface area contributed by atoms with Gasteiger partial charge in [0, 0.05) is 24.2 Å². The molecule has 1 N–H and O–H groups in total. The summed E-state index contributed by atoms with van der Waals surface area (Å²) < 4.78 is 5.59. The van der Waals surface area contributed by atoms with Gasteiger partial charge in [-0.2, -0.15) is 0 Å². The van der Waals surface area contributed by atoms with Gasteiger partial charge in [-0.1, -0.05) is 11.6 Å². The molecule has 21 heavy (non-hydrogen) atoms. The highest BCUT2D eigenvalue weighted by Gasteiger charge is 2.21. The van der Waals surface area contributed by atoms with Crippen molar-refractivity contribution in [3.05, 3.63) is 28.8 Å². The van der Waals surface area contributed by atoms with Crippen LogP contribution in [0.1, 0.15) is 18.4 Å². The van der Waals surface area contributed by atoms with Crippen LogP contribution in [0.15, 0.2) is 18.2 Å². The topological polar surface area (TPSA) is 41.6 Å². The van der Waals surface area contributed by atoms with E-state index in [4.69, 9.17) is 16.3 Å². The maximum atomic E-state index is 12.1. The first-order valence-corrected chi connectivity index (χ1v) is 7.32. The highest BCUT2D eigenvalue weighted by Crippen LogP contribution is 2.22. The van der Waals surface area contributed by atoms with E-state index in [9.17, 15) is 4.79 Å². The number of nitrogens with zero attached hydrogens (tertiary/aromatic N) is 1. The molecule has 1 saturated heterocycles. The number of likely N-dealkylation sites (tertiary alicyclic amines) is 1. The average molecular weight is 333 g/mol. The fourth-order valence-corrected chi connectivity index (χ4v) is 2.65. The van der Waals surface area contributed by atoms with Crippen LogP contribution in [0.25, 0.3) is 0 Å². The zero-order chi connectivity index (χ0) is 14.5. The maximum absolute atomic E-state index is 12.1. The molecular weight excluding hydrogens is 311 g/mol. The molecule has 0 radical (unpaired) electrons. The zero-order valence-electron chi connectivity index (χ0n) is 12.4. The van der Waals surface area contributed by atoms with Crippen LogP contribution in [-0.2, 0) is 4.79 Å². The van der Waals surface area contributed by atoms with Crippen molar-refractivity contribution in [3.63, 3.8) is 0 Å². The molecule has 1 amide bonds. The fourth-order valence-electron chi connectivity index (χ4n) is 2.42. The van der Waals surface area contributed by atoms with E-state index in [2.05, 4.69) is 5.32 Å². The van der Waals surface area contributed by atoms with E-state index in [1.165, 1.54) is 0 Å². The predicted octanol–water partition coefficient (Wildman–Crippen LogP) is 2.66. The summed E-state index contributed by atoms with van der Waals surface area (Å²) in [6.07, 6.45) is 2.00. The summed E-state index contributed by atoms with van der Waals surface area (Å²) in [6.45, 7) is 3.61. The number of nitrogens with one attached hydrogen (secondary N) is 1. The second-order valence-electron chi connectivity index (χ2n) is 5.14. The molecule has 1 aliphatic heterocycles. The van der Waals surface area contributed by atoms with Gasteiger partial charge in [-0.15, -0.1) is 12.4 Å². The van der Waals surface area contributed by atoms with Crippen molar-refractivity contribution >= 4 is 29.9 Å². The Morgan fingerprint density at radius 1 is 1.43 bits per heavy atom. The molecule has 0 aliphatic carbocycles. The van der Waals surface area contributed by atoms with Crippen LogP contribution >= 0.6 is 24.0 Å². The van der Waals surface area contributed by atoms with Crippen LogP contribution in [0, 0.1) is 6.92 Å². The third-order valence-electron chi connectivity index (χ3n) is 3.74. The Morgan fingerprint density at radius 2 is 2.10 bits per heavy atom. The summed E-state index contributed by atoms with van der Waals surface area (Å²) in [4.78, 5) is 14.0. The van der Waals surface area contributed by atoms with Crippen molar-refractivity contribution in [1.29, 1.82) is 0 Å². The van der Waals surface area contributed by atoms with Gasteiger partial charge in [-0.25, -0.2) is 0 Å². The number of halogens is 2. The molecule has 0 unspecified atom stereocenters. The van der Waals surface area contributed by atoms with Crippen LogP contribution in [-0.4, -0.2) is 43.6 Å². The molecule has 118 valence electrons. The molecule has 0 aromatic heterocycles. The molecule has 1 aromatic rings. The fraction of sp³-hybridized carbons (Fsp3) is 0.533. The average Bonchev–Trinajstić information content (AvgIpc) is 2.46. The Labute approximate surface area is 137 Å². The van der Waals surface area contributed by atoms with Crippen LogP contribution in [0.4, 0.5) is 0 Å². The Morgan fingerprint density at radius 3 is 2.67 bits per heavy atom. The molecule has 4 nitrogen and oxygen atoms in total. The minimum Gasteiger partial charge on any atom is -0.483 e. The lowest BCUT2D eigenvalue weighted by Crippen LogP contribution is -2.45. The summed E-state index contributed by atoms with van der Waals surface area (Å²) in [5.74, 6) is 0.766. The molecule has 0 spiro atoms. The zero-order valence-corrected chi connectivity index (χ0v) is 14.0. The number of amides is 1. The number of piperidine rings is 1. The van der Waals surface area contributed by atoms with E-state index in [1.54, 1.807) is 12.1 Å². The maximum Gasteiger partial charge on any atom is 0.260 e. The summed E-state index contributed by atoms with van der Waals surface area (Å²) >= 11 is 5.89. The highest BCUT2D eigenvalue weighted by atomic mass is 35.5. The quantitative estimate of drug-likeness (QED) is 0.921. The van der Waals surface area contributed by atoms with Crippen molar-refractivity contribution in [1.82, 2.24) is 10.2 Å². The molecule has 0 saturated carbocycles. The van der Waals surface area contributed by atoms with Crippen molar-refractivity contribution in [2.24, 2.45) is 0 Å². The third kappa shape index (κ3) is 5.06. The normalized spacial score (nSPS) is 15.5. The van der Waals surface area contributed by atoms with Gasteiger partial charge in [0.2, 0.25) is 0 Å². The Bertz CT molecular complexity index is 475. The smallest absolute Gasteiger partial charge is 0.260 e. The Balaban J connectivity index is 0.00000220. The van der Waals surface area contributed by atoms with Crippen molar-refractivity contribution in [2.45, 2.75) is 25.8 Å². The Kier molecular flexibility index (Phi) is 7.29. The second-order valence-corrected chi connectivity index (χ2v) is 5.58. The number of carbonyl (C=O) groups is 1. The molecule has 1 aliphatic rings. The van der Waals surface area contributed by atoms with E-state index in [-0.39, 0.29) is 24.9 Å². The molecule has 1 heterocycles. The van der Waals surface area contributed by atoms with Gasteiger partial charge in [0.1, 0.15) is 5.75 Å². The lowest BCUT2D eigenvalue weighted by atomic mass is 10.1. The van der Waals surface area contributed by atoms with Crippen LogP contribution < -0.4 is 10.1 Å². The largest absolute Gasteiger partial charge is 0.483 e. The van der Waals surface area contributed by atoms with Crippen molar-refractivity contribution < 1.29 is 9.53 Å². The van der Waals surface area contributed by atoms with Gasteiger partial charge in [-0.3, -0.25) is 4.79 Å². The Hall–Kier alpha value is -0.970. The molecule has 2 rings (SSSR count). The SMILES string of the molecule is CNC1CCN(C(=O)COc2ccc(Cl)cc2C)CC1.Cl. The number of benzene rings is 1. The van der Waals surface area contributed by atoms with Gasteiger partial charge >= 0.3 is 0 Å². The number of aryl methyl sites for hydroxylation is 1. The number of hydrogen-bond acceptors (Lipinski definition) is 3. The summed E-state index contributed by atoms with van der Waals surface area (Å²) in [5.41, 5.74) is 0.944. The van der Waals surface area contributed by atoms with Gasteiger partial charge < -0.3 is 15.0 Å². The van der Waals surface area contributed by atoms with E-state index in [1.807, 2.05) is 24.9 Å². The monoisotopic (exact) mass is 332 g/mol. The molecule has 0 bridgehead atoms. The standard InChI is InChI=1S/C15H21ClN2O2.ClH/c1-11-9-12(16)3-4-14(11)20-10-15(19)18-7-5-13(17-2)6-8-18;/h3-4,9,13,17H,5-8,10H2,1-2H3;1H. The first kappa shape index (κ1) is 18.1. The second kappa shape index (κ2) is 8.47. The summed E-state index contributed by atoms with van der Waals surface area (Å²) in [6, 6.07) is 5.93. The van der Waals surface area contributed by atoms with Crippen LogP contribution in [0.5, 0.6) is 5.75 Å². The molecule has 1 fully saturated rings. The van der Waals surface area contributed by atoms with Crippen LogP contribution in [0.2, 0.25) is 5.02 Å². The van der Waals surface area contributed by atoms with Crippen molar-refractivity contribution in [3.8, 4) is 5.75 Å². The summed E-state index contributed by atoms with van der Waals surface area (Å²) in [5, 5.41) is 3.93. The number of hydrogen-bond donors (Lipinski definition) is 1. The molecule has 1 aromatic carbocycles. The van der Waals surface area contributed by atoms with Gasteiger partial charge in [-0.05, 0) is 50.6 Å². The van der Waals surface area contributed by atoms with E-state index in [0.29, 0.717) is 16.8 Å². The van der Waals surface area contributed by atoms with E-state index < -0.39 is 0 Å². The highest BCUT2D eigenvalue weighted by molar-refractivity contribution is 6.30. The number of ether oxygens (including phenoxy) is 1. The minimum absolute atomic E-state index is 0. The first-order chi connectivity index (χ1) is 9.60. The lowest BCUT2D eigenvalue weighted by Gasteiger charge is -2.31. The van der Waals surface area contributed by atoms with Gasteiger partial charge in [0.15, 0.2) is 6.61 Å². The molecule has 0 atom stereocenters. The minimum atomic E-state index is 0. The first-order valence-electron chi connectivity index (χ1n) is 6.94. The third-order valence-corrected chi connectivity index (χ3v) is 3.98. The lowest BCUT2D eigenvalue weighted by molar-refractivity contribution is -0.134. The van der Waals surface area contributed by atoms with Crippen molar-refractivity contribution in [2.75, 3.05) is 26.7 Å². The number of rotatable bonds is 4. The summed E-state index contributed by atoms with van der Waals surface area (Å²) in [7, 11) is 1.97. The van der Waals surface area contributed by atoms with E-state index in [0.717, 1.165) is 31.5 Å². The van der Waals surface area contributed by atoms with Gasteiger partial charge in [0.25, 0.3) is 5.91 Å². The predicted molar refractivity (Wildman–Crippen MR) is 87.6 cm³/mol. The number of carbonyl (C=O) groups excluding carboxylic acids is 1. The van der Waals surface area contributed by atoms with E-state index >= 15 is 0 Å². The molecule has 6 heteroatoms.